The number of aromatic nitrogens is 1. The summed E-state index contributed by atoms with van der Waals surface area (Å²) in [6.45, 7) is 0.963. The summed E-state index contributed by atoms with van der Waals surface area (Å²) in [6.07, 6.45) is 2.36. The second kappa shape index (κ2) is 6.68. The van der Waals surface area contributed by atoms with Crippen molar-refractivity contribution in [3.05, 3.63) is 59.4 Å². The molecule has 4 N–H and O–H groups in total. The molecule has 5 heteroatoms. The van der Waals surface area contributed by atoms with Gasteiger partial charge >= 0.3 is 0 Å². The van der Waals surface area contributed by atoms with E-state index in [0.29, 0.717) is 13.2 Å². The number of pyridine rings is 1. The molecule has 0 saturated carbocycles. The highest BCUT2D eigenvalue weighted by Gasteiger charge is 2.04. The van der Waals surface area contributed by atoms with Gasteiger partial charge in [0.1, 0.15) is 18.1 Å². The van der Waals surface area contributed by atoms with Gasteiger partial charge in [-0.1, -0.05) is 12.1 Å². The Labute approximate surface area is 117 Å². The van der Waals surface area contributed by atoms with Gasteiger partial charge in [0.25, 0.3) is 5.91 Å². The zero-order valence-electron chi connectivity index (χ0n) is 11.1. The van der Waals surface area contributed by atoms with Crippen molar-refractivity contribution < 1.29 is 9.53 Å². The summed E-state index contributed by atoms with van der Waals surface area (Å²) in [5, 5.41) is 0. The van der Waals surface area contributed by atoms with Crippen LogP contribution in [0.25, 0.3) is 0 Å². The molecular formula is C15H17N3O2. The second-order valence-corrected chi connectivity index (χ2v) is 4.39. The van der Waals surface area contributed by atoms with Crippen molar-refractivity contribution in [2.75, 3.05) is 6.54 Å². The predicted molar refractivity (Wildman–Crippen MR) is 76.3 cm³/mol. The Morgan fingerprint density at radius 2 is 2.05 bits per heavy atom. The fourth-order valence-corrected chi connectivity index (χ4v) is 1.82. The lowest BCUT2D eigenvalue weighted by Gasteiger charge is -2.08. The average molecular weight is 271 g/mol. The van der Waals surface area contributed by atoms with Crippen molar-refractivity contribution in [3.8, 4) is 5.75 Å². The molecule has 20 heavy (non-hydrogen) atoms. The van der Waals surface area contributed by atoms with E-state index in [-0.39, 0.29) is 5.69 Å². The molecule has 0 fully saturated rings. The average Bonchev–Trinajstić information content (AvgIpc) is 2.46. The molecule has 0 bridgehead atoms. The van der Waals surface area contributed by atoms with Crippen LogP contribution in [0.15, 0.2) is 42.6 Å². The maximum atomic E-state index is 11.1. The van der Waals surface area contributed by atoms with E-state index in [4.69, 9.17) is 16.2 Å². The van der Waals surface area contributed by atoms with Crippen molar-refractivity contribution in [3.63, 3.8) is 0 Å². The molecule has 2 aromatic rings. The van der Waals surface area contributed by atoms with E-state index in [9.17, 15) is 4.79 Å². The van der Waals surface area contributed by atoms with Gasteiger partial charge in [0.15, 0.2) is 0 Å². The number of carbonyl (C=O) groups is 1. The molecule has 0 spiro atoms. The Hall–Kier alpha value is -2.40. The Balaban J connectivity index is 2.03. The van der Waals surface area contributed by atoms with Gasteiger partial charge in [0, 0.05) is 6.20 Å². The van der Waals surface area contributed by atoms with Crippen LogP contribution in [0.5, 0.6) is 5.75 Å². The van der Waals surface area contributed by atoms with E-state index in [1.54, 1.807) is 18.3 Å². The van der Waals surface area contributed by atoms with Gasteiger partial charge < -0.3 is 16.2 Å². The Morgan fingerprint density at radius 3 is 2.80 bits per heavy atom. The third-order valence-electron chi connectivity index (χ3n) is 2.81. The summed E-state index contributed by atoms with van der Waals surface area (Å²) in [5.41, 5.74) is 12.9. The molecule has 2 rings (SSSR count). The molecule has 0 aliphatic carbocycles. The number of benzene rings is 1. The maximum Gasteiger partial charge on any atom is 0.267 e. The molecule has 1 aromatic heterocycles. The minimum absolute atomic E-state index is 0.239. The van der Waals surface area contributed by atoms with Crippen LogP contribution in [-0.2, 0) is 13.0 Å². The van der Waals surface area contributed by atoms with Crippen LogP contribution in [0.2, 0.25) is 0 Å². The zero-order valence-corrected chi connectivity index (χ0v) is 11.1. The monoisotopic (exact) mass is 271 g/mol. The van der Waals surface area contributed by atoms with E-state index in [2.05, 4.69) is 4.98 Å². The number of rotatable bonds is 6. The molecule has 1 heterocycles. The number of nitrogens with zero attached hydrogens (tertiary/aromatic N) is 1. The SMILES string of the molecule is NCCc1cccc(OCc2ccnc(C(N)=O)c2)c1. The highest BCUT2D eigenvalue weighted by atomic mass is 16.5. The van der Waals surface area contributed by atoms with Crippen molar-refractivity contribution >= 4 is 5.91 Å². The molecule has 0 aliphatic rings. The van der Waals surface area contributed by atoms with Crippen LogP contribution in [-0.4, -0.2) is 17.4 Å². The van der Waals surface area contributed by atoms with E-state index in [0.717, 1.165) is 23.3 Å². The normalized spacial score (nSPS) is 10.2. The number of carbonyl (C=O) groups excluding carboxylic acids is 1. The van der Waals surface area contributed by atoms with Crippen LogP contribution in [0, 0.1) is 0 Å². The molecule has 5 nitrogen and oxygen atoms in total. The Bertz CT molecular complexity index is 599. The number of hydrogen-bond donors (Lipinski definition) is 2. The number of hydrogen-bond acceptors (Lipinski definition) is 4. The van der Waals surface area contributed by atoms with Crippen LogP contribution in [0.3, 0.4) is 0 Å². The number of ether oxygens (including phenoxy) is 1. The van der Waals surface area contributed by atoms with Gasteiger partial charge in [-0.15, -0.1) is 0 Å². The first-order valence-electron chi connectivity index (χ1n) is 6.35. The minimum Gasteiger partial charge on any atom is -0.489 e. The Morgan fingerprint density at radius 1 is 1.20 bits per heavy atom. The molecule has 0 saturated heterocycles. The third-order valence-corrected chi connectivity index (χ3v) is 2.81. The largest absolute Gasteiger partial charge is 0.489 e. The molecule has 104 valence electrons. The summed E-state index contributed by atoms with van der Waals surface area (Å²) in [5.74, 6) is 0.227. The summed E-state index contributed by atoms with van der Waals surface area (Å²) in [4.78, 5) is 14.9. The predicted octanol–water partition coefficient (Wildman–Crippen LogP) is 1.26. The lowest BCUT2D eigenvalue weighted by atomic mass is 10.1. The third kappa shape index (κ3) is 3.80. The van der Waals surface area contributed by atoms with Crippen LogP contribution >= 0.6 is 0 Å². The maximum absolute atomic E-state index is 11.1. The van der Waals surface area contributed by atoms with Crippen molar-refractivity contribution in [1.29, 1.82) is 0 Å². The van der Waals surface area contributed by atoms with Gasteiger partial charge in [-0.25, -0.2) is 0 Å². The molecule has 0 radical (unpaired) electrons. The fourth-order valence-electron chi connectivity index (χ4n) is 1.82. The number of primary amides is 1. The molecule has 1 aromatic carbocycles. The second-order valence-electron chi connectivity index (χ2n) is 4.39. The quantitative estimate of drug-likeness (QED) is 0.827. The fraction of sp³-hybridized carbons (Fsp3) is 0.200. The van der Waals surface area contributed by atoms with Gasteiger partial charge in [-0.3, -0.25) is 9.78 Å². The summed E-state index contributed by atoms with van der Waals surface area (Å²) in [6, 6.07) is 11.2. The number of amides is 1. The lowest BCUT2D eigenvalue weighted by molar-refractivity contribution is 0.0995. The van der Waals surface area contributed by atoms with Crippen molar-refractivity contribution in [2.24, 2.45) is 11.5 Å². The van der Waals surface area contributed by atoms with Gasteiger partial charge in [0.2, 0.25) is 0 Å². The standard InChI is InChI=1S/C15H17N3O2/c16-6-4-11-2-1-3-13(8-11)20-10-12-5-7-18-14(9-12)15(17)19/h1-3,5,7-9H,4,6,10,16H2,(H2,17,19). The molecular weight excluding hydrogens is 254 g/mol. The first-order chi connectivity index (χ1) is 9.69. The first kappa shape index (κ1) is 14.0. The van der Waals surface area contributed by atoms with E-state index in [1.807, 2.05) is 24.3 Å². The highest BCUT2D eigenvalue weighted by Crippen LogP contribution is 2.15. The summed E-state index contributed by atoms with van der Waals surface area (Å²) in [7, 11) is 0. The van der Waals surface area contributed by atoms with Crippen LogP contribution < -0.4 is 16.2 Å². The van der Waals surface area contributed by atoms with Crippen LogP contribution in [0.4, 0.5) is 0 Å². The van der Waals surface area contributed by atoms with Crippen LogP contribution in [0.1, 0.15) is 21.6 Å². The van der Waals surface area contributed by atoms with E-state index in [1.165, 1.54) is 0 Å². The molecule has 0 unspecified atom stereocenters. The molecule has 0 aliphatic heterocycles. The van der Waals surface area contributed by atoms with Gasteiger partial charge in [0.05, 0.1) is 0 Å². The summed E-state index contributed by atoms with van der Waals surface area (Å²) >= 11 is 0. The molecule has 1 amide bonds. The van der Waals surface area contributed by atoms with E-state index >= 15 is 0 Å². The minimum atomic E-state index is -0.545. The Kier molecular flexibility index (Phi) is 4.68. The summed E-state index contributed by atoms with van der Waals surface area (Å²) < 4.78 is 5.69. The highest BCUT2D eigenvalue weighted by molar-refractivity contribution is 5.90. The number of nitrogens with two attached hydrogens (primary N) is 2. The zero-order chi connectivity index (χ0) is 14.4. The van der Waals surface area contributed by atoms with Crippen molar-refractivity contribution in [1.82, 2.24) is 4.98 Å². The molecule has 0 atom stereocenters. The topological polar surface area (TPSA) is 91.2 Å². The lowest BCUT2D eigenvalue weighted by Crippen LogP contribution is -2.13. The van der Waals surface area contributed by atoms with Gasteiger partial charge in [-0.2, -0.15) is 0 Å². The van der Waals surface area contributed by atoms with Gasteiger partial charge in [-0.05, 0) is 48.4 Å². The smallest absolute Gasteiger partial charge is 0.267 e. The van der Waals surface area contributed by atoms with Crippen molar-refractivity contribution in [2.45, 2.75) is 13.0 Å². The van der Waals surface area contributed by atoms with E-state index < -0.39 is 5.91 Å². The first-order valence-corrected chi connectivity index (χ1v) is 6.35.